The van der Waals surface area contributed by atoms with Crippen molar-refractivity contribution in [2.45, 2.75) is 42.4 Å². The summed E-state index contributed by atoms with van der Waals surface area (Å²) in [5.41, 5.74) is -0.684. The fourth-order valence-corrected chi connectivity index (χ4v) is 5.38. The van der Waals surface area contributed by atoms with E-state index in [1.165, 1.54) is 29.5 Å². The summed E-state index contributed by atoms with van der Waals surface area (Å²) in [7, 11) is -4.14. The molecule has 1 aromatic heterocycles. The number of nitrogens with zero attached hydrogens (tertiary/aromatic N) is 4. The Morgan fingerprint density at radius 1 is 1.13 bits per heavy atom. The van der Waals surface area contributed by atoms with E-state index in [1.54, 1.807) is 12.1 Å². The molecule has 0 radical (unpaired) electrons. The quantitative estimate of drug-likeness (QED) is 0.372. The molecule has 1 amide bonds. The number of aromatic nitrogens is 3. The Kier molecular flexibility index (Phi) is 7.52. The number of carbonyl (C=O) groups excluding carboxylic acids is 1. The highest BCUT2D eigenvalue weighted by Crippen LogP contribution is 2.36. The summed E-state index contributed by atoms with van der Waals surface area (Å²) < 4.78 is 82.8. The fourth-order valence-electron chi connectivity index (χ4n) is 3.80. The molecule has 2 aromatic carbocycles. The highest BCUT2D eigenvalue weighted by molar-refractivity contribution is 7.90. The molecule has 0 saturated heterocycles. The number of carbonyl (C=O) groups is 1. The van der Waals surface area contributed by atoms with E-state index in [2.05, 4.69) is 20.7 Å². The number of benzene rings is 2. The maximum Gasteiger partial charge on any atom is 0.407 e. The summed E-state index contributed by atoms with van der Waals surface area (Å²) in [5.74, 6) is -3.33. The van der Waals surface area contributed by atoms with Gasteiger partial charge in [-0.2, -0.15) is 23.5 Å². The van der Waals surface area contributed by atoms with E-state index < -0.39 is 62.4 Å². The SMILES string of the molecule is N#CC1(NC(=O)C(CS(=O)(=O)Cc2ccc(-n3cncn3)cc2)N[C@H](c2ccc(F)cc2)C(F)(F)F)CC1. The Morgan fingerprint density at radius 2 is 1.79 bits per heavy atom. The van der Waals surface area contributed by atoms with E-state index in [4.69, 9.17) is 0 Å². The predicted molar refractivity (Wildman–Crippen MR) is 127 cm³/mol. The first-order valence-corrected chi connectivity index (χ1v) is 13.2. The van der Waals surface area contributed by atoms with Crippen molar-refractivity contribution in [2.24, 2.45) is 0 Å². The molecule has 2 N–H and O–H groups in total. The maximum absolute atomic E-state index is 14.0. The minimum absolute atomic E-state index is 0.299. The van der Waals surface area contributed by atoms with E-state index in [1.807, 2.05) is 6.07 Å². The number of amides is 1. The zero-order valence-electron chi connectivity index (χ0n) is 19.7. The molecule has 9 nitrogen and oxygen atoms in total. The van der Waals surface area contributed by atoms with Crippen molar-refractivity contribution in [1.82, 2.24) is 25.4 Å². The Balaban J connectivity index is 1.57. The lowest BCUT2D eigenvalue weighted by Crippen LogP contribution is -2.54. The summed E-state index contributed by atoms with van der Waals surface area (Å²) in [6, 6.07) is 7.28. The summed E-state index contributed by atoms with van der Waals surface area (Å²) in [6.07, 6.45) is -1.56. The first-order chi connectivity index (χ1) is 17.9. The number of nitriles is 1. The lowest BCUT2D eigenvalue weighted by molar-refractivity contribution is -0.160. The molecule has 4 rings (SSSR count). The van der Waals surface area contributed by atoms with Crippen molar-refractivity contribution >= 4 is 15.7 Å². The monoisotopic (exact) mass is 550 g/mol. The zero-order valence-corrected chi connectivity index (χ0v) is 20.5. The van der Waals surface area contributed by atoms with Crippen molar-refractivity contribution in [3.63, 3.8) is 0 Å². The lowest BCUT2D eigenvalue weighted by Gasteiger charge is -2.28. The Hall–Kier alpha value is -3.83. The van der Waals surface area contributed by atoms with Crippen LogP contribution in [0.25, 0.3) is 5.69 Å². The van der Waals surface area contributed by atoms with Crippen molar-refractivity contribution < 1.29 is 30.8 Å². The smallest absolute Gasteiger partial charge is 0.336 e. The fraction of sp³-hybridized carbons (Fsp3) is 0.333. The minimum Gasteiger partial charge on any atom is -0.336 e. The van der Waals surface area contributed by atoms with Gasteiger partial charge in [0, 0.05) is 0 Å². The highest BCUT2D eigenvalue weighted by atomic mass is 32.2. The molecule has 0 aliphatic heterocycles. The molecule has 38 heavy (non-hydrogen) atoms. The average Bonchev–Trinajstić information content (AvgIpc) is 3.40. The van der Waals surface area contributed by atoms with E-state index in [9.17, 15) is 36.0 Å². The second-order valence-corrected chi connectivity index (χ2v) is 11.1. The third-order valence-corrected chi connectivity index (χ3v) is 7.58. The van der Waals surface area contributed by atoms with Crippen molar-refractivity contribution in [3.8, 4) is 11.8 Å². The second kappa shape index (κ2) is 10.5. The van der Waals surface area contributed by atoms with Gasteiger partial charge in [0.1, 0.15) is 36.1 Å². The molecule has 1 aliphatic rings. The van der Waals surface area contributed by atoms with Gasteiger partial charge in [-0.05, 0) is 48.2 Å². The Bertz CT molecular complexity index is 1420. The molecule has 1 saturated carbocycles. The molecule has 1 unspecified atom stereocenters. The van der Waals surface area contributed by atoms with Crippen LogP contribution in [0.1, 0.15) is 30.0 Å². The normalized spacial score (nSPS) is 16.3. The van der Waals surface area contributed by atoms with Crippen LogP contribution in [-0.2, 0) is 20.4 Å². The van der Waals surface area contributed by atoms with Crippen LogP contribution in [0.5, 0.6) is 0 Å². The van der Waals surface area contributed by atoms with Crippen LogP contribution in [0.15, 0.2) is 61.2 Å². The van der Waals surface area contributed by atoms with E-state index in [0.717, 1.165) is 24.3 Å². The molecular formula is C24H22F4N6O3S. The highest BCUT2D eigenvalue weighted by Gasteiger charge is 2.48. The van der Waals surface area contributed by atoms with Crippen LogP contribution in [0.3, 0.4) is 0 Å². The van der Waals surface area contributed by atoms with Gasteiger partial charge in [0.05, 0.1) is 23.3 Å². The molecule has 0 bridgehead atoms. The van der Waals surface area contributed by atoms with E-state index in [-0.39, 0.29) is 0 Å². The summed E-state index contributed by atoms with van der Waals surface area (Å²) in [6.45, 7) is 0. The van der Waals surface area contributed by atoms with Crippen molar-refractivity contribution in [1.29, 1.82) is 5.26 Å². The standard InChI is InChI=1S/C24H22F4N6O3S/c25-18-5-3-17(4-6-18)21(24(26,27)28)32-20(22(35)33-23(13-29)9-10-23)12-38(36,37)11-16-1-7-19(8-2-16)34-15-30-14-31-34/h1-8,14-15,20-21,32H,9-12H2,(H,33,35)/t20?,21-/m1/s1. The minimum atomic E-state index is -4.94. The second-order valence-electron chi connectivity index (χ2n) is 8.99. The first-order valence-electron chi connectivity index (χ1n) is 11.4. The number of rotatable bonds is 10. The topological polar surface area (TPSA) is 130 Å². The van der Waals surface area contributed by atoms with E-state index >= 15 is 0 Å². The van der Waals surface area contributed by atoms with Crippen LogP contribution >= 0.6 is 0 Å². The number of halogens is 4. The van der Waals surface area contributed by atoms with Gasteiger partial charge in [-0.1, -0.05) is 24.3 Å². The number of hydrogen-bond acceptors (Lipinski definition) is 7. The summed E-state index contributed by atoms with van der Waals surface area (Å²) in [4.78, 5) is 16.8. The number of sulfone groups is 1. The van der Waals surface area contributed by atoms with Gasteiger partial charge in [-0.3, -0.25) is 10.1 Å². The van der Waals surface area contributed by atoms with Crippen molar-refractivity contribution in [2.75, 3.05) is 5.75 Å². The van der Waals surface area contributed by atoms with Crippen LogP contribution in [0.2, 0.25) is 0 Å². The molecule has 1 fully saturated rings. The third kappa shape index (κ3) is 6.73. The predicted octanol–water partition coefficient (Wildman–Crippen LogP) is 2.76. The molecular weight excluding hydrogens is 528 g/mol. The van der Waals surface area contributed by atoms with Gasteiger partial charge in [-0.25, -0.2) is 22.5 Å². The third-order valence-electron chi connectivity index (χ3n) is 5.97. The average molecular weight is 551 g/mol. The number of alkyl halides is 3. The molecule has 1 aliphatic carbocycles. The Labute approximate surface area is 215 Å². The molecule has 1 heterocycles. The molecule has 200 valence electrons. The summed E-state index contributed by atoms with van der Waals surface area (Å²) in [5, 5.41) is 17.7. The lowest BCUT2D eigenvalue weighted by atomic mass is 10.0. The number of hydrogen-bond donors (Lipinski definition) is 2. The van der Waals surface area contributed by atoms with Crippen LogP contribution in [-0.4, -0.2) is 52.6 Å². The van der Waals surface area contributed by atoms with Gasteiger partial charge >= 0.3 is 6.18 Å². The van der Waals surface area contributed by atoms with Crippen molar-refractivity contribution in [3.05, 3.63) is 78.1 Å². The first kappa shape index (κ1) is 27.2. The van der Waals surface area contributed by atoms with Crippen LogP contribution in [0, 0.1) is 17.1 Å². The van der Waals surface area contributed by atoms with Gasteiger partial charge < -0.3 is 5.32 Å². The van der Waals surface area contributed by atoms with Gasteiger partial charge in [0.15, 0.2) is 9.84 Å². The van der Waals surface area contributed by atoms with Crippen LogP contribution in [0.4, 0.5) is 17.6 Å². The molecule has 3 aromatic rings. The summed E-state index contributed by atoms with van der Waals surface area (Å²) >= 11 is 0. The van der Waals surface area contributed by atoms with E-state index in [0.29, 0.717) is 24.1 Å². The molecule has 2 atom stereocenters. The maximum atomic E-state index is 14.0. The molecule has 14 heteroatoms. The number of nitrogens with one attached hydrogen (secondary N) is 2. The molecule has 0 spiro atoms. The zero-order chi connectivity index (χ0) is 27.6. The van der Waals surface area contributed by atoms with Gasteiger partial charge in [0.2, 0.25) is 5.91 Å². The van der Waals surface area contributed by atoms with Gasteiger partial charge in [0.25, 0.3) is 0 Å². The van der Waals surface area contributed by atoms with Crippen LogP contribution < -0.4 is 10.6 Å². The van der Waals surface area contributed by atoms with Gasteiger partial charge in [-0.15, -0.1) is 0 Å². The Morgan fingerprint density at radius 3 is 2.32 bits per heavy atom. The largest absolute Gasteiger partial charge is 0.407 e.